The Morgan fingerprint density at radius 3 is 2.86 bits per heavy atom. The van der Waals surface area contributed by atoms with Gasteiger partial charge in [-0.2, -0.15) is 5.10 Å². The van der Waals surface area contributed by atoms with Gasteiger partial charge in [-0.15, -0.1) is 0 Å². The Bertz CT molecular complexity index is 843. The number of nitrogens with zero attached hydrogens (tertiary/aromatic N) is 4. The fourth-order valence-corrected chi connectivity index (χ4v) is 4.34. The Hall–Kier alpha value is -2.41. The summed E-state index contributed by atoms with van der Waals surface area (Å²) < 4.78 is 8.17. The van der Waals surface area contributed by atoms with Crippen LogP contribution in [0.3, 0.4) is 0 Å². The van der Waals surface area contributed by atoms with Gasteiger partial charge in [-0.3, -0.25) is 4.99 Å². The third kappa shape index (κ3) is 4.78. The SMILES string of the molecule is CN=C(NCC1CCCOC1c1ccc(C)cc1)NC1CCc2nc(C)nn2C1. The molecular formula is C22H32N6O. The van der Waals surface area contributed by atoms with Crippen LogP contribution >= 0.6 is 0 Å². The molecule has 3 unspecified atom stereocenters. The van der Waals surface area contributed by atoms with Gasteiger partial charge in [-0.05, 0) is 38.7 Å². The minimum atomic E-state index is 0.144. The van der Waals surface area contributed by atoms with E-state index >= 15 is 0 Å². The predicted octanol–water partition coefficient (Wildman–Crippen LogP) is 2.54. The summed E-state index contributed by atoms with van der Waals surface area (Å²) in [5.41, 5.74) is 2.55. The fourth-order valence-electron chi connectivity index (χ4n) is 4.34. The lowest BCUT2D eigenvalue weighted by Gasteiger charge is -2.33. The molecule has 0 amide bonds. The molecule has 4 rings (SSSR count). The standard InChI is InChI=1S/C22H32N6O/c1-15-6-8-17(9-7-15)21-18(5-4-12-29-21)13-24-22(23-3)26-19-10-11-20-25-16(2)27-28(20)14-19/h6-9,18-19,21H,4-5,10-14H2,1-3H3,(H2,23,24,26). The highest BCUT2D eigenvalue weighted by molar-refractivity contribution is 5.80. The topological polar surface area (TPSA) is 76.4 Å². The van der Waals surface area contributed by atoms with Crippen molar-refractivity contribution in [1.82, 2.24) is 25.4 Å². The molecule has 0 spiro atoms. The third-order valence-electron chi connectivity index (χ3n) is 5.91. The molecule has 7 heteroatoms. The second kappa shape index (κ2) is 8.95. The van der Waals surface area contributed by atoms with Crippen LogP contribution in [0.25, 0.3) is 0 Å². The summed E-state index contributed by atoms with van der Waals surface area (Å²) >= 11 is 0. The Morgan fingerprint density at radius 2 is 2.07 bits per heavy atom. The van der Waals surface area contributed by atoms with Crippen LogP contribution in [0.2, 0.25) is 0 Å². The molecule has 1 aromatic carbocycles. The summed E-state index contributed by atoms with van der Waals surface area (Å²) in [6.45, 7) is 6.58. The number of rotatable bonds is 4. The van der Waals surface area contributed by atoms with Crippen LogP contribution in [0, 0.1) is 19.8 Å². The van der Waals surface area contributed by atoms with E-state index in [4.69, 9.17) is 4.74 Å². The minimum absolute atomic E-state index is 0.144. The van der Waals surface area contributed by atoms with Gasteiger partial charge in [-0.1, -0.05) is 29.8 Å². The molecule has 1 saturated heterocycles. The molecule has 0 radical (unpaired) electrons. The van der Waals surface area contributed by atoms with Crippen molar-refractivity contribution in [2.45, 2.75) is 58.2 Å². The average molecular weight is 397 g/mol. The Balaban J connectivity index is 1.34. The van der Waals surface area contributed by atoms with E-state index in [0.29, 0.717) is 12.0 Å². The maximum absolute atomic E-state index is 6.15. The monoisotopic (exact) mass is 396 g/mol. The molecule has 156 valence electrons. The highest BCUT2D eigenvalue weighted by atomic mass is 16.5. The Labute approximate surface area is 173 Å². The second-order valence-corrected chi connectivity index (χ2v) is 8.19. The van der Waals surface area contributed by atoms with Gasteiger partial charge in [-0.25, -0.2) is 9.67 Å². The number of aryl methyl sites for hydroxylation is 3. The second-order valence-electron chi connectivity index (χ2n) is 8.19. The van der Waals surface area contributed by atoms with Gasteiger partial charge < -0.3 is 15.4 Å². The first-order chi connectivity index (χ1) is 14.1. The summed E-state index contributed by atoms with van der Waals surface area (Å²) in [7, 11) is 1.83. The molecule has 2 aliphatic rings. The number of benzene rings is 1. The smallest absolute Gasteiger partial charge is 0.191 e. The van der Waals surface area contributed by atoms with E-state index < -0.39 is 0 Å². The molecule has 0 aliphatic carbocycles. The summed E-state index contributed by atoms with van der Waals surface area (Å²) in [5.74, 6) is 3.22. The van der Waals surface area contributed by atoms with Crippen molar-refractivity contribution in [3.8, 4) is 0 Å². The van der Waals surface area contributed by atoms with Gasteiger partial charge in [0.2, 0.25) is 0 Å². The van der Waals surface area contributed by atoms with E-state index in [2.05, 4.69) is 56.9 Å². The Morgan fingerprint density at radius 1 is 1.24 bits per heavy atom. The number of guanidine groups is 1. The van der Waals surface area contributed by atoms with E-state index in [9.17, 15) is 0 Å². The maximum atomic E-state index is 6.15. The molecule has 0 bridgehead atoms. The molecule has 2 N–H and O–H groups in total. The lowest BCUT2D eigenvalue weighted by molar-refractivity contribution is -0.0265. The minimum Gasteiger partial charge on any atom is -0.373 e. The summed E-state index contributed by atoms with van der Waals surface area (Å²) in [4.78, 5) is 8.93. The molecule has 0 saturated carbocycles. The lowest BCUT2D eigenvalue weighted by Crippen LogP contribution is -2.48. The van der Waals surface area contributed by atoms with Crippen molar-refractivity contribution in [3.63, 3.8) is 0 Å². The molecule has 7 nitrogen and oxygen atoms in total. The third-order valence-corrected chi connectivity index (χ3v) is 5.91. The molecule has 2 aromatic rings. The van der Waals surface area contributed by atoms with Gasteiger partial charge in [0.1, 0.15) is 11.6 Å². The summed E-state index contributed by atoms with van der Waals surface area (Å²) in [6, 6.07) is 9.05. The zero-order valence-electron chi connectivity index (χ0n) is 17.7. The summed E-state index contributed by atoms with van der Waals surface area (Å²) in [5, 5.41) is 11.6. The average Bonchev–Trinajstić information content (AvgIpc) is 3.11. The predicted molar refractivity (Wildman–Crippen MR) is 114 cm³/mol. The van der Waals surface area contributed by atoms with Crippen molar-refractivity contribution < 1.29 is 4.74 Å². The highest BCUT2D eigenvalue weighted by Crippen LogP contribution is 2.33. The van der Waals surface area contributed by atoms with Gasteiger partial charge in [0.15, 0.2) is 5.96 Å². The van der Waals surface area contributed by atoms with Crippen LogP contribution in [-0.4, -0.2) is 47.0 Å². The summed E-state index contributed by atoms with van der Waals surface area (Å²) in [6.07, 6.45) is 4.40. The molecular weight excluding hydrogens is 364 g/mol. The molecule has 29 heavy (non-hydrogen) atoms. The highest BCUT2D eigenvalue weighted by Gasteiger charge is 2.28. The first-order valence-electron chi connectivity index (χ1n) is 10.7. The molecule has 3 heterocycles. The van der Waals surface area contributed by atoms with Gasteiger partial charge in [0.25, 0.3) is 0 Å². The van der Waals surface area contributed by atoms with Crippen molar-refractivity contribution >= 4 is 5.96 Å². The van der Waals surface area contributed by atoms with Crippen LogP contribution in [0.4, 0.5) is 0 Å². The lowest BCUT2D eigenvalue weighted by atomic mass is 9.89. The normalized spacial score (nSPS) is 24.8. The first kappa shape index (κ1) is 19.9. The van der Waals surface area contributed by atoms with Crippen molar-refractivity contribution in [2.75, 3.05) is 20.2 Å². The van der Waals surface area contributed by atoms with E-state index in [1.54, 1.807) is 0 Å². The maximum Gasteiger partial charge on any atom is 0.191 e. The molecule has 3 atom stereocenters. The molecule has 2 aliphatic heterocycles. The number of hydrogen-bond donors (Lipinski definition) is 2. The number of ether oxygens (including phenoxy) is 1. The Kier molecular flexibility index (Phi) is 6.13. The van der Waals surface area contributed by atoms with Gasteiger partial charge in [0, 0.05) is 38.6 Å². The molecule has 1 aromatic heterocycles. The van der Waals surface area contributed by atoms with Crippen molar-refractivity contribution in [2.24, 2.45) is 10.9 Å². The van der Waals surface area contributed by atoms with E-state index in [1.807, 2.05) is 18.7 Å². The van der Waals surface area contributed by atoms with E-state index in [1.165, 1.54) is 11.1 Å². The van der Waals surface area contributed by atoms with E-state index in [-0.39, 0.29) is 6.10 Å². The van der Waals surface area contributed by atoms with Crippen LogP contribution in [-0.2, 0) is 17.7 Å². The van der Waals surface area contributed by atoms with Gasteiger partial charge >= 0.3 is 0 Å². The number of aromatic nitrogens is 3. The largest absolute Gasteiger partial charge is 0.373 e. The van der Waals surface area contributed by atoms with Crippen LogP contribution < -0.4 is 10.6 Å². The molecule has 1 fully saturated rings. The van der Waals surface area contributed by atoms with Crippen molar-refractivity contribution in [1.29, 1.82) is 0 Å². The first-order valence-corrected chi connectivity index (χ1v) is 10.7. The van der Waals surface area contributed by atoms with Crippen molar-refractivity contribution in [3.05, 3.63) is 47.0 Å². The van der Waals surface area contributed by atoms with Gasteiger partial charge in [0.05, 0.1) is 12.6 Å². The quantitative estimate of drug-likeness (QED) is 0.614. The van der Waals surface area contributed by atoms with E-state index in [0.717, 1.165) is 63.0 Å². The number of aliphatic imine (C=N–C) groups is 1. The van der Waals surface area contributed by atoms with Crippen LogP contribution in [0.1, 0.15) is 48.1 Å². The number of fused-ring (bicyclic) bond motifs is 1. The zero-order chi connectivity index (χ0) is 20.2. The fraction of sp³-hybridized carbons (Fsp3) is 0.591. The van der Waals surface area contributed by atoms with Crippen LogP contribution in [0.15, 0.2) is 29.3 Å². The zero-order valence-corrected chi connectivity index (χ0v) is 17.7. The number of hydrogen-bond acceptors (Lipinski definition) is 4. The number of nitrogens with one attached hydrogen (secondary N) is 2. The van der Waals surface area contributed by atoms with Crippen LogP contribution in [0.5, 0.6) is 0 Å².